The highest BCUT2D eigenvalue weighted by Crippen LogP contribution is 2.35. The van der Waals surface area contributed by atoms with Crippen molar-refractivity contribution in [3.05, 3.63) is 18.3 Å². The zero-order valence-electron chi connectivity index (χ0n) is 11.9. The number of nitrogen functional groups attached to an aromatic ring is 1. The number of anilines is 1. The smallest absolute Gasteiger partial charge is 0.244 e. The van der Waals surface area contributed by atoms with Crippen LogP contribution in [0.5, 0.6) is 0 Å². The van der Waals surface area contributed by atoms with Crippen LogP contribution in [0.15, 0.2) is 23.2 Å². The van der Waals surface area contributed by atoms with Crippen LogP contribution in [-0.2, 0) is 10.0 Å². The molecule has 0 bridgehead atoms. The van der Waals surface area contributed by atoms with Crippen LogP contribution in [0.25, 0.3) is 0 Å². The number of hydrogen-bond acceptors (Lipinski definition) is 5. The van der Waals surface area contributed by atoms with Crippen LogP contribution in [0.3, 0.4) is 0 Å². The maximum atomic E-state index is 12.4. The molecular weight excluding hydrogens is 276 g/mol. The van der Waals surface area contributed by atoms with Crippen molar-refractivity contribution in [1.29, 1.82) is 0 Å². The molecule has 7 heteroatoms. The van der Waals surface area contributed by atoms with Crippen molar-refractivity contribution >= 4 is 15.8 Å². The molecule has 0 spiro atoms. The van der Waals surface area contributed by atoms with Crippen LogP contribution in [0.2, 0.25) is 0 Å². The molecule has 1 aromatic heterocycles. The predicted molar refractivity (Wildman–Crippen MR) is 78.4 cm³/mol. The maximum Gasteiger partial charge on any atom is 0.244 e. The molecule has 0 aliphatic heterocycles. The number of nitrogens with two attached hydrogens (primary N) is 1. The van der Waals surface area contributed by atoms with Gasteiger partial charge in [0.25, 0.3) is 0 Å². The second-order valence-corrected chi connectivity index (χ2v) is 7.76. The highest BCUT2D eigenvalue weighted by molar-refractivity contribution is 7.89. The van der Waals surface area contributed by atoms with Crippen molar-refractivity contribution in [2.75, 3.05) is 5.43 Å². The molecule has 1 atom stereocenters. The summed E-state index contributed by atoms with van der Waals surface area (Å²) in [6.45, 7) is 4.34. The van der Waals surface area contributed by atoms with Gasteiger partial charge in [0.1, 0.15) is 4.90 Å². The SMILES string of the molecule is CC1(C)CCCC(NS(=O)(=O)c2cccnc2NN)C1. The van der Waals surface area contributed by atoms with E-state index in [0.29, 0.717) is 0 Å². The number of hydrogen-bond donors (Lipinski definition) is 3. The Hall–Kier alpha value is -1.18. The Balaban J connectivity index is 2.19. The lowest BCUT2D eigenvalue weighted by atomic mass is 9.75. The topological polar surface area (TPSA) is 97.1 Å². The van der Waals surface area contributed by atoms with Crippen molar-refractivity contribution in [1.82, 2.24) is 9.71 Å². The summed E-state index contributed by atoms with van der Waals surface area (Å²) < 4.78 is 27.7. The standard InChI is InChI=1S/C13H22N4O2S/c1-13(2)7-3-5-10(9-13)17-20(18,19)11-6-4-8-15-12(11)16-14/h4,6,8,10,17H,3,5,7,9,14H2,1-2H3,(H,15,16). The number of rotatable bonds is 4. The van der Waals surface area contributed by atoms with E-state index >= 15 is 0 Å². The molecule has 2 rings (SSSR count). The fourth-order valence-corrected chi connectivity index (χ4v) is 4.19. The van der Waals surface area contributed by atoms with Gasteiger partial charge in [0, 0.05) is 12.2 Å². The third-order valence-corrected chi connectivity index (χ3v) is 5.28. The molecule has 112 valence electrons. The Morgan fingerprint density at radius 3 is 2.85 bits per heavy atom. The Morgan fingerprint density at radius 1 is 1.45 bits per heavy atom. The summed E-state index contributed by atoms with van der Waals surface area (Å²) in [4.78, 5) is 4.02. The highest BCUT2D eigenvalue weighted by Gasteiger charge is 2.31. The van der Waals surface area contributed by atoms with Gasteiger partial charge in [-0.1, -0.05) is 20.3 Å². The van der Waals surface area contributed by atoms with Crippen LogP contribution in [-0.4, -0.2) is 19.4 Å². The molecule has 6 nitrogen and oxygen atoms in total. The fraction of sp³-hybridized carbons (Fsp3) is 0.615. The molecule has 1 unspecified atom stereocenters. The van der Waals surface area contributed by atoms with E-state index in [2.05, 4.69) is 29.0 Å². The van der Waals surface area contributed by atoms with E-state index in [4.69, 9.17) is 5.84 Å². The first kappa shape index (κ1) is 15.2. The molecule has 1 aromatic rings. The van der Waals surface area contributed by atoms with Gasteiger partial charge in [0.05, 0.1) is 0 Å². The normalized spacial score (nSPS) is 22.4. The zero-order chi connectivity index (χ0) is 14.8. The average Bonchev–Trinajstić information content (AvgIpc) is 2.37. The molecular formula is C13H22N4O2S. The highest BCUT2D eigenvalue weighted by atomic mass is 32.2. The van der Waals surface area contributed by atoms with Crippen molar-refractivity contribution in [2.45, 2.75) is 50.5 Å². The summed E-state index contributed by atoms with van der Waals surface area (Å²) in [5.41, 5.74) is 2.50. The largest absolute Gasteiger partial charge is 0.307 e. The minimum Gasteiger partial charge on any atom is -0.307 e. The summed E-state index contributed by atoms with van der Waals surface area (Å²) >= 11 is 0. The van der Waals surface area contributed by atoms with Gasteiger partial charge in [-0.3, -0.25) is 0 Å². The van der Waals surface area contributed by atoms with Gasteiger partial charge in [0.15, 0.2) is 5.82 Å². The molecule has 0 saturated heterocycles. The quantitative estimate of drug-likeness (QED) is 0.579. The summed E-state index contributed by atoms with van der Waals surface area (Å²) in [7, 11) is -3.61. The summed E-state index contributed by atoms with van der Waals surface area (Å²) in [5.74, 6) is 5.48. The van der Waals surface area contributed by atoms with Crippen molar-refractivity contribution in [2.24, 2.45) is 11.3 Å². The number of sulfonamides is 1. The Kier molecular flexibility index (Phi) is 4.31. The first-order valence-electron chi connectivity index (χ1n) is 6.78. The lowest BCUT2D eigenvalue weighted by molar-refractivity contribution is 0.212. The van der Waals surface area contributed by atoms with E-state index in [-0.39, 0.29) is 22.2 Å². The number of hydrazine groups is 1. The third-order valence-electron chi connectivity index (χ3n) is 3.72. The summed E-state index contributed by atoms with van der Waals surface area (Å²) in [6.07, 6.45) is 5.38. The molecule has 0 amide bonds. The van der Waals surface area contributed by atoms with E-state index < -0.39 is 10.0 Å². The molecule has 1 fully saturated rings. The Bertz CT molecular complexity index is 571. The number of nitrogens with one attached hydrogen (secondary N) is 2. The molecule has 1 saturated carbocycles. The van der Waals surface area contributed by atoms with E-state index in [9.17, 15) is 8.42 Å². The minimum absolute atomic E-state index is 0.0328. The molecule has 20 heavy (non-hydrogen) atoms. The number of pyridine rings is 1. The Morgan fingerprint density at radius 2 is 2.20 bits per heavy atom. The summed E-state index contributed by atoms with van der Waals surface area (Å²) in [6, 6.07) is 3.05. The number of aromatic nitrogens is 1. The maximum absolute atomic E-state index is 12.4. The van der Waals surface area contributed by atoms with E-state index in [0.717, 1.165) is 25.7 Å². The van der Waals surface area contributed by atoms with Gasteiger partial charge < -0.3 is 5.43 Å². The van der Waals surface area contributed by atoms with Crippen molar-refractivity contribution in [3.63, 3.8) is 0 Å². The van der Waals surface area contributed by atoms with Crippen LogP contribution in [0.1, 0.15) is 39.5 Å². The minimum atomic E-state index is -3.61. The van der Waals surface area contributed by atoms with Gasteiger partial charge in [-0.15, -0.1) is 0 Å². The van der Waals surface area contributed by atoms with Crippen molar-refractivity contribution in [3.8, 4) is 0 Å². The average molecular weight is 298 g/mol. The van der Waals surface area contributed by atoms with Gasteiger partial charge >= 0.3 is 0 Å². The van der Waals surface area contributed by atoms with Crippen LogP contribution in [0.4, 0.5) is 5.82 Å². The predicted octanol–water partition coefficient (Wildman–Crippen LogP) is 1.61. The van der Waals surface area contributed by atoms with E-state index in [1.165, 1.54) is 12.3 Å². The van der Waals surface area contributed by atoms with E-state index in [1.54, 1.807) is 6.07 Å². The molecule has 0 aromatic carbocycles. The monoisotopic (exact) mass is 298 g/mol. The molecule has 1 aliphatic carbocycles. The third kappa shape index (κ3) is 3.47. The van der Waals surface area contributed by atoms with Gasteiger partial charge in [0.2, 0.25) is 10.0 Å². The molecule has 4 N–H and O–H groups in total. The Labute approximate surface area is 120 Å². The lowest BCUT2D eigenvalue weighted by Crippen LogP contribution is -2.40. The van der Waals surface area contributed by atoms with Crippen LogP contribution in [0, 0.1) is 5.41 Å². The second kappa shape index (κ2) is 5.67. The molecule has 1 heterocycles. The first-order chi connectivity index (χ1) is 9.34. The van der Waals surface area contributed by atoms with Crippen molar-refractivity contribution < 1.29 is 8.42 Å². The van der Waals surface area contributed by atoms with Gasteiger partial charge in [-0.25, -0.2) is 24.0 Å². The van der Waals surface area contributed by atoms with Crippen LogP contribution < -0.4 is 16.0 Å². The zero-order valence-corrected chi connectivity index (χ0v) is 12.7. The van der Waals surface area contributed by atoms with Crippen LogP contribution >= 0.6 is 0 Å². The molecule has 0 radical (unpaired) electrons. The molecule has 1 aliphatic rings. The number of nitrogens with zero attached hydrogens (tertiary/aromatic N) is 1. The van der Waals surface area contributed by atoms with Gasteiger partial charge in [-0.2, -0.15) is 0 Å². The van der Waals surface area contributed by atoms with E-state index in [1.807, 2.05) is 0 Å². The lowest BCUT2D eigenvalue weighted by Gasteiger charge is -2.35. The fourth-order valence-electron chi connectivity index (χ4n) is 2.80. The first-order valence-corrected chi connectivity index (χ1v) is 8.26. The summed E-state index contributed by atoms with van der Waals surface area (Å²) in [5, 5.41) is 0. The second-order valence-electron chi connectivity index (χ2n) is 6.07. The van der Waals surface area contributed by atoms with Gasteiger partial charge in [-0.05, 0) is 36.8 Å².